The maximum absolute atomic E-state index is 10.4. The third-order valence-corrected chi connectivity index (χ3v) is 5.51. The molecule has 0 atom stereocenters. The van der Waals surface area contributed by atoms with Crippen molar-refractivity contribution in [3.63, 3.8) is 0 Å². The fraction of sp³-hybridized carbons (Fsp3) is 0.261. The Hall–Kier alpha value is -2.72. The Morgan fingerprint density at radius 3 is 2.57 bits per heavy atom. The van der Waals surface area contributed by atoms with Crippen LogP contribution in [0.4, 0.5) is 0 Å². The molecule has 0 unspecified atom stereocenters. The van der Waals surface area contributed by atoms with Crippen molar-refractivity contribution in [3.05, 3.63) is 83.0 Å². The van der Waals surface area contributed by atoms with Crippen LogP contribution in [-0.4, -0.2) is 39.9 Å². The van der Waals surface area contributed by atoms with Gasteiger partial charge >= 0.3 is 0 Å². The minimum absolute atomic E-state index is 0.222. The molecule has 0 spiro atoms. The Kier molecular flexibility index (Phi) is 5.14. The molecule has 0 amide bonds. The number of nitrogens with zero attached hydrogens (tertiary/aromatic N) is 3. The van der Waals surface area contributed by atoms with Crippen LogP contribution in [0.15, 0.2) is 77.4 Å². The van der Waals surface area contributed by atoms with Crippen LogP contribution >= 0.6 is 11.6 Å². The van der Waals surface area contributed by atoms with E-state index in [1.54, 1.807) is 6.20 Å². The van der Waals surface area contributed by atoms with E-state index in [4.69, 9.17) is 11.6 Å². The molecule has 2 aromatic carbocycles. The topological polar surface area (TPSA) is 39.1 Å². The molecule has 0 bridgehead atoms. The first-order chi connectivity index (χ1) is 13.5. The van der Waals surface area contributed by atoms with Crippen LogP contribution in [0.5, 0.6) is 0 Å². The zero-order valence-electron chi connectivity index (χ0n) is 16.1. The molecule has 2 aliphatic heterocycles. The lowest BCUT2D eigenvalue weighted by Crippen LogP contribution is -2.45. The molecular formula is C23H24ClN3O. The van der Waals surface area contributed by atoms with Gasteiger partial charge in [-0.15, -0.1) is 0 Å². The van der Waals surface area contributed by atoms with Crippen molar-refractivity contribution in [2.24, 2.45) is 4.99 Å². The average Bonchev–Trinajstić information content (AvgIpc) is 2.71. The molecule has 0 fully saturated rings. The van der Waals surface area contributed by atoms with Crippen molar-refractivity contribution in [3.8, 4) is 11.1 Å². The first-order valence-electron chi connectivity index (χ1n) is 9.58. The van der Waals surface area contributed by atoms with Crippen LogP contribution in [0.2, 0.25) is 5.02 Å². The highest BCUT2D eigenvalue weighted by molar-refractivity contribution is 6.30. The quantitative estimate of drug-likeness (QED) is 0.773. The molecule has 0 saturated heterocycles. The van der Waals surface area contributed by atoms with Gasteiger partial charge in [0, 0.05) is 36.8 Å². The maximum Gasteiger partial charge on any atom is 0.159 e. The van der Waals surface area contributed by atoms with E-state index in [0.717, 1.165) is 35.2 Å². The van der Waals surface area contributed by atoms with Gasteiger partial charge in [-0.05, 0) is 42.7 Å². The predicted octanol–water partition coefficient (Wildman–Crippen LogP) is 5.23. The van der Waals surface area contributed by atoms with Crippen molar-refractivity contribution in [2.75, 3.05) is 13.1 Å². The third-order valence-electron chi connectivity index (χ3n) is 5.26. The lowest BCUT2D eigenvalue weighted by molar-refractivity contribution is 0.242. The number of amidine groups is 1. The number of rotatable bonds is 4. The lowest BCUT2D eigenvalue weighted by Gasteiger charge is -2.39. The van der Waals surface area contributed by atoms with E-state index in [-0.39, 0.29) is 5.76 Å². The number of aliphatic imine (C=N–C) groups is 1. The number of aliphatic hydroxyl groups is 1. The van der Waals surface area contributed by atoms with Crippen LogP contribution in [0.3, 0.4) is 0 Å². The summed E-state index contributed by atoms with van der Waals surface area (Å²) in [6, 6.07) is 16.7. The molecule has 4 rings (SSSR count). The second kappa shape index (κ2) is 7.72. The standard InChI is InChI=1S/C23H24ClN3O/c1-16(2)26-11-12-27-21(15-26)22(28)14-25-23(27)13-18-5-3-4-6-20(18)17-7-9-19(24)10-8-17/h3-10,14-16,28H,11-13H2,1-2H3. The number of hydrogen-bond donors (Lipinski definition) is 1. The smallest absolute Gasteiger partial charge is 0.159 e. The minimum Gasteiger partial charge on any atom is -0.504 e. The van der Waals surface area contributed by atoms with Crippen LogP contribution in [0.25, 0.3) is 11.1 Å². The van der Waals surface area contributed by atoms with Gasteiger partial charge in [-0.1, -0.05) is 48.0 Å². The molecule has 2 aromatic rings. The van der Waals surface area contributed by atoms with E-state index in [2.05, 4.69) is 52.9 Å². The van der Waals surface area contributed by atoms with Gasteiger partial charge in [0.15, 0.2) is 5.76 Å². The Morgan fingerprint density at radius 1 is 1.07 bits per heavy atom. The molecule has 5 heteroatoms. The van der Waals surface area contributed by atoms with Crippen molar-refractivity contribution in [1.29, 1.82) is 0 Å². The van der Waals surface area contributed by atoms with Crippen molar-refractivity contribution >= 4 is 17.4 Å². The maximum atomic E-state index is 10.4. The van der Waals surface area contributed by atoms with Crippen LogP contribution < -0.4 is 0 Å². The summed E-state index contributed by atoms with van der Waals surface area (Å²) in [5, 5.41) is 11.1. The fourth-order valence-corrected chi connectivity index (χ4v) is 3.80. The second-order valence-corrected chi connectivity index (χ2v) is 7.83. The normalized spacial score (nSPS) is 16.5. The van der Waals surface area contributed by atoms with E-state index in [1.165, 1.54) is 11.1 Å². The molecule has 0 aromatic heterocycles. The molecule has 0 aliphatic carbocycles. The van der Waals surface area contributed by atoms with Gasteiger partial charge in [0.1, 0.15) is 11.5 Å². The van der Waals surface area contributed by atoms with Crippen LogP contribution in [-0.2, 0) is 6.42 Å². The van der Waals surface area contributed by atoms with Gasteiger partial charge in [-0.2, -0.15) is 0 Å². The summed E-state index contributed by atoms with van der Waals surface area (Å²) >= 11 is 6.05. The third kappa shape index (κ3) is 3.65. The number of fused-ring (bicyclic) bond motifs is 1. The zero-order valence-corrected chi connectivity index (χ0v) is 16.9. The fourth-order valence-electron chi connectivity index (χ4n) is 3.68. The summed E-state index contributed by atoms with van der Waals surface area (Å²) in [6.45, 7) is 6.04. The lowest BCUT2D eigenvalue weighted by atomic mass is 9.96. The molecule has 28 heavy (non-hydrogen) atoms. The van der Waals surface area contributed by atoms with Gasteiger partial charge in [0.25, 0.3) is 0 Å². The van der Waals surface area contributed by atoms with E-state index < -0.39 is 0 Å². The summed E-state index contributed by atoms with van der Waals surface area (Å²) in [7, 11) is 0. The SMILES string of the molecule is CC(C)N1C=C2C(O)=CN=C(Cc3ccccc3-c3ccc(Cl)cc3)N2CC1. The molecule has 144 valence electrons. The van der Waals surface area contributed by atoms with Gasteiger partial charge in [0.05, 0.1) is 6.20 Å². The molecular weight excluding hydrogens is 370 g/mol. The first kappa shape index (κ1) is 18.6. The number of aliphatic hydroxyl groups excluding tert-OH is 1. The van der Waals surface area contributed by atoms with Crippen LogP contribution in [0, 0.1) is 0 Å². The van der Waals surface area contributed by atoms with E-state index in [9.17, 15) is 5.11 Å². The van der Waals surface area contributed by atoms with Crippen molar-refractivity contribution in [1.82, 2.24) is 9.80 Å². The Balaban J connectivity index is 1.65. The molecule has 1 N–H and O–H groups in total. The summed E-state index contributed by atoms with van der Waals surface area (Å²) < 4.78 is 0. The Labute approximate surface area is 171 Å². The highest BCUT2D eigenvalue weighted by Crippen LogP contribution is 2.29. The number of benzene rings is 2. The highest BCUT2D eigenvalue weighted by Gasteiger charge is 2.28. The van der Waals surface area contributed by atoms with E-state index in [1.807, 2.05) is 30.5 Å². The summed E-state index contributed by atoms with van der Waals surface area (Å²) in [4.78, 5) is 8.94. The second-order valence-electron chi connectivity index (χ2n) is 7.40. The van der Waals surface area contributed by atoms with Gasteiger partial charge in [0.2, 0.25) is 0 Å². The zero-order chi connectivity index (χ0) is 19.7. The number of hydrogen-bond acceptors (Lipinski definition) is 4. The molecule has 0 radical (unpaired) electrons. The molecule has 2 aliphatic rings. The summed E-state index contributed by atoms with van der Waals surface area (Å²) in [5.74, 6) is 1.17. The van der Waals surface area contributed by atoms with Crippen molar-refractivity contribution < 1.29 is 5.11 Å². The predicted molar refractivity (Wildman–Crippen MR) is 115 cm³/mol. The molecule has 2 heterocycles. The summed E-state index contributed by atoms with van der Waals surface area (Å²) in [6.07, 6.45) is 4.30. The Morgan fingerprint density at radius 2 is 1.82 bits per heavy atom. The van der Waals surface area contributed by atoms with E-state index in [0.29, 0.717) is 12.5 Å². The average molecular weight is 394 g/mol. The molecule has 4 nitrogen and oxygen atoms in total. The van der Waals surface area contributed by atoms with Crippen molar-refractivity contribution in [2.45, 2.75) is 26.3 Å². The van der Waals surface area contributed by atoms with Gasteiger partial charge in [-0.25, -0.2) is 4.99 Å². The van der Waals surface area contributed by atoms with Gasteiger partial charge < -0.3 is 14.9 Å². The molecule has 0 saturated carbocycles. The largest absolute Gasteiger partial charge is 0.504 e. The van der Waals surface area contributed by atoms with Gasteiger partial charge in [-0.3, -0.25) is 0 Å². The monoisotopic (exact) mass is 393 g/mol. The Bertz CT molecular complexity index is 960. The summed E-state index contributed by atoms with van der Waals surface area (Å²) in [5.41, 5.74) is 4.33. The van der Waals surface area contributed by atoms with E-state index >= 15 is 0 Å². The minimum atomic E-state index is 0.222. The number of halogens is 1. The first-order valence-corrected chi connectivity index (χ1v) is 9.96. The highest BCUT2D eigenvalue weighted by atomic mass is 35.5. The van der Waals surface area contributed by atoms with Crippen LogP contribution in [0.1, 0.15) is 19.4 Å².